The third kappa shape index (κ3) is 3.83. The van der Waals surface area contributed by atoms with E-state index < -0.39 is 5.41 Å². The van der Waals surface area contributed by atoms with Crippen molar-refractivity contribution in [3.05, 3.63) is 156 Å². The fourth-order valence-electron chi connectivity index (χ4n) is 4.91. The second kappa shape index (κ2) is 10.0. The monoisotopic (exact) mass is 663 g/mol. The summed E-state index contributed by atoms with van der Waals surface area (Å²) in [5, 5.41) is 0. The van der Waals surface area contributed by atoms with Gasteiger partial charge in [-0.2, -0.15) is 114 Å². The summed E-state index contributed by atoms with van der Waals surface area (Å²) < 4.78 is 0. The summed E-state index contributed by atoms with van der Waals surface area (Å²) in [4.78, 5) is 0. The second-order valence-corrected chi connectivity index (χ2v) is 7.80. The van der Waals surface area contributed by atoms with Crippen LogP contribution < -0.4 is 0 Å². The van der Waals surface area contributed by atoms with Crippen LogP contribution in [0.5, 0.6) is 0 Å². The van der Waals surface area contributed by atoms with E-state index >= 15 is 0 Å². The molecule has 2 heteroatoms. The second-order valence-electron chi connectivity index (χ2n) is 7.80. The maximum Gasteiger partial charge on any atom is 2.00 e. The summed E-state index contributed by atoms with van der Waals surface area (Å²) in [5.41, 5.74) is 8.85. The molecule has 0 unspecified atom stereocenters. The van der Waals surface area contributed by atoms with Gasteiger partial charge >= 0.3 is 21.1 Å². The smallest absolute Gasteiger partial charge is 0.226 e. The van der Waals surface area contributed by atoms with Crippen LogP contribution in [0.2, 0.25) is 0 Å². The maximum atomic E-state index is 3.56. The van der Waals surface area contributed by atoms with Crippen LogP contribution in [0, 0.1) is 24.3 Å². The number of hydrogen-bond acceptors (Lipinski definition) is 0. The Morgan fingerprint density at radius 2 is 1.12 bits per heavy atom. The van der Waals surface area contributed by atoms with Crippen LogP contribution in [0.15, 0.2) is 109 Å². The summed E-state index contributed by atoms with van der Waals surface area (Å²) in [6, 6.07) is 51.7. The van der Waals surface area contributed by atoms with Crippen molar-refractivity contribution in [2.45, 2.75) is 5.41 Å². The van der Waals surface area contributed by atoms with Gasteiger partial charge in [-0.05, 0) is 16.5 Å². The molecule has 1 aliphatic rings. The first kappa shape index (κ1) is 24.0. The van der Waals surface area contributed by atoms with Gasteiger partial charge in [0.05, 0.1) is 0 Å². The van der Waals surface area contributed by atoms with Crippen molar-refractivity contribution in [1.29, 1.82) is 0 Å². The molecule has 0 N–H and O–H groups in total. The van der Waals surface area contributed by atoms with Gasteiger partial charge in [-0.1, -0.05) is 24.3 Å². The molecule has 33 heavy (non-hydrogen) atoms. The molecule has 0 amide bonds. The van der Waals surface area contributed by atoms with E-state index in [9.17, 15) is 0 Å². The van der Waals surface area contributed by atoms with Gasteiger partial charge in [-0.15, -0.1) is 17.2 Å². The molecule has 0 aromatic heterocycles. The molecule has 6 rings (SSSR count). The molecule has 153 valence electrons. The molecule has 0 atom stereocenters. The Balaban J connectivity index is 0.00000130. The zero-order valence-corrected chi connectivity index (χ0v) is 23.6. The Morgan fingerprint density at radius 3 is 1.73 bits per heavy atom. The Bertz CT molecular complexity index is 1320. The van der Waals surface area contributed by atoms with E-state index in [1.54, 1.807) is 0 Å². The zero-order valence-electron chi connectivity index (χ0n) is 17.9. The van der Waals surface area contributed by atoms with Crippen molar-refractivity contribution in [3.63, 3.8) is 0 Å². The minimum atomic E-state index is -0.468. The molecular formula is C31H18WY-2. The Morgan fingerprint density at radius 1 is 0.515 bits per heavy atom. The van der Waals surface area contributed by atoms with Crippen LogP contribution in [0.4, 0.5) is 0 Å². The van der Waals surface area contributed by atoms with E-state index in [0.717, 1.165) is 22.3 Å². The van der Waals surface area contributed by atoms with E-state index in [4.69, 9.17) is 0 Å². The quantitative estimate of drug-likeness (QED) is 0.181. The zero-order chi connectivity index (χ0) is 20.7. The van der Waals surface area contributed by atoms with Crippen molar-refractivity contribution < 1.29 is 53.8 Å². The predicted octanol–water partition coefficient (Wildman–Crippen LogP) is 6.91. The fraction of sp³-hybridized carbons (Fsp3) is 0.0323. The van der Waals surface area contributed by atoms with Gasteiger partial charge in [-0.3, -0.25) is 0 Å². The Labute approximate surface area is 235 Å². The molecule has 0 bridgehead atoms. The molecule has 1 radical (unpaired) electrons. The van der Waals surface area contributed by atoms with E-state index in [2.05, 4.69) is 91.0 Å². The summed E-state index contributed by atoms with van der Waals surface area (Å²) in [5.74, 6) is 0. The van der Waals surface area contributed by atoms with Crippen LogP contribution in [-0.4, -0.2) is 0 Å². The molecule has 5 aromatic carbocycles. The van der Waals surface area contributed by atoms with Crippen molar-refractivity contribution in [2.24, 2.45) is 0 Å². The Kier molecular flexibility index (Phi) is 7.30. The Hall–Kier alpha value is -2.11. The van der Waals surface area contributed by atoms with E-state index in [-0.39, 0.29) is 53.8 Å². The molecule has 0 saturated carbocycles. The third-order valence-electron chi connectivity index (χ3n) is 6.20. The van der Waals surface area contributed by atoms with Crippen LogP contribution in [0.1, 0.15) is 22.3 Å². The first-order chi connectivity index (χ1) is 15.4. The van der Waals surface area contributed by atoms with Gasteiger partial charge in [-0.25, -0.2) is 11.1 Å². The van der Waals surface area contributed by atoms with Gasteiger partial charge in [0.15, 0.2) is 0 Å². The average molecular weight is 663 g/mol. The van der Waals surface area contributed by atoms with Gasteiger partial charge < -0.3 is 0 Å². The molecule has 1 aliphatic carbocycles. The fourth-order valence-corrected chi connectivity index (χ4v) is 4.91. The maximum absolute atomic E-state index is 3.56. The van der Waals surface area contributed by atoms with E-state index in [1.807, 2.05) is 42.5 Å². The molecule has 0 aliphatic heterocycles. The largest absolute Gasteiger partial charge is 2.00 e. The topological polar surface area (TPSA) is 0 Å². The van der Waals surface area contributed by atoms with Gasteiger partial charge in [0.25, 0.3) is 0 Å². The SMILES string of the molecule is [W+2].[Y].[c-]1ccccc1-c1[c-]cc2c(c1)-c1ccccc1C2(c1[c-]cccc1)c1[c-]cccc1. The molecule has 0 spiro atoms. The van der Waals surface area contributed by atoms with E-state index in [0.29, 0.717) is 0 Å². The summed E-state index contributed by atoms with van der Waals surface area (Å²) >= 11 is 0. The molecule has 0 nitrogen and oxygen atoms in total. The van der Waals surface area contributed by atoms with Crippen molar-refractivity contribution >= 4 is 0 Å². The van der Waals surface area contributed by atoms with Gasteiger partial charge in [0.2, 0.25) is 0 Å². The predicted molar refractivity (Wildman–Crippen MR) is 125 cm³/mol. The van der Waals surface area contributed by atoms with Crippen molar-refractivity contribution in [2.75, 3.05) is 0 Å². The van der Waals surface area contributed by atoms with Gasteiger partial charge in [0.1, 0.15) is 0 Å². The number of benzene rings is 5. The minimum Gasteiger partial charge on any atom is -0.226 e. The van der Waals surface area contributed by atoms with E-state index in [1.165, 1.54) is 22.3 Å². The van der Waals surface area contributed by atoms with Crippen LogP contribution >= 0.6 is 0 Å². The molecule has 0 heterocycles. The van der Waals surface area contributed by atoms with Crippen LogP contribution in [0.25, 0.3) is 22.3 Å². The average Bonchev–Trinajstić information content (AvgIpc) is 3.16. The first-order valence-corrected chi connectivity index (χ1v) is 10.5. The summed E-state index contributed by atoms with van der Waals surface area (Å²) in [6.45, 7) is 0. The molecule has 5 aromatic rings. The van der Waals surface area contributed by atoms with Crippen molar-refractivity contribution in [3.8, 4) is 22.3 Å². The minimum absolute atomic E-state index is 0. The normalized spacial score (nSPS) is 12.6. The van der Waals surface area contributed by atoms with Crippen LogP contribution in [-0.2, 0) is 59.2 Å². The molecule has 0 fully saturated rings. The number of rotatable bonds is 3. The van der Waals surface area contributed by atoms with Gasteiger partial charge in [0, 0.05) is 32.7 Å². The summed E-state index contributed by atoms with van der Waals surface area (Å²) in [6.07, 6.45) is 0. The standard InChI is InChI=1S/C31H18.W.Y/c1-4-12-23(13-5-1)24-20-21-30-28(22-24)27-18-10-11-19-29(27)31(30,25-14-6-2-7-15-25)26-16-8-3-9-17-26;;/h1-12,14,16,18-19,21-22H;;/q-4;+2;. The van der Waals surface area contributed by atoms with Crippen LogP contribution in [0.3, 0.4) is 0 Å². The first-order valence-electron chi connectivity index (χ1n) is 10.5. The van der Waals surface area contributed by atoms with Crippen molar-refractivity contribution in [1.82, 2.24) is 0 Å². The molecule has 0 saturated heterocycles. The molecular weight excluding hydrogens is 645 g/mol. The third-order valence-corrected chi connectivity index (χ3v) is 6.20. The summed E-state index contributed by atoms with van der Waals surface area (Å²) in [7, 11) is 0. The number of fused-ring (bicyclic) bond motifs is 3. The number of hydrogen-bond donors (Lipinski definition) is 0.